The third kappa shape index (κ3) is 26.7. The molecule has 78 heavy (non-hydrogen) atoms. The van der Waals surface area contributed by atoms with Crippen LogP contribution in [0.5, 0.6) is 5.75 Å². The molecule has 1 aromatic rings. The molecule has 0 fully saturated rings. The third-order valence-electron chi connectivity index (χ3n) is 11.6. The Morgan fingerprint density at radius 2 is 0.910 bits per heavy atom. The van der Waals surface area contributed by atoms with Gasteiger partial charge in [0.25, 0.3) is 0 Å². The van der Waals surface area contributed by atoms with Gasteiger partial charge in [-0.1, -0.05) is 12.1 Å². The number of rotatable bonds is 37. The summed E-state index contributed by atoms with van der Waals surface area (Å²) in [6, 6.07) is -7.79. The topological polar surface area (TPSA) is 541 Å². The van der Waals surface area contributed by atoms with Crippen LogP contribution in [-0.2, 0) is 54.4 Å². The summed E-state index contributed by atoms with van der Waals surface area (Å²) >= 11 is 0. The van der Waals surface area contributed by atoms with Gasteiger partial charge >= 0.3 is 5.97 Å². The SMILES string of the molecule is CNCCCC[C@H](NC(=O)[C@@H](NC(=O)[C@H](CCCN=C(N)N)NC(=O)[C@H](C)N)[C@@H](C)O)C(=O)N[C@@H](CCC(N)=O)C(=O)N[C@H](C(=O)N[C@@H](C)C(=O)N[C@@H](CCCN=C(N)N)C(=O)N[C@@H](Cc1ccc(O)cc1)C(=O)O)[C@@H](C)O. The van der Waals surface area contributed by atoms with Crippen molar-refractivity contribution in [1.29, 1.82) is 0 Å². The predicted octanol–water partition coefficient (Wildman–Crippen LogP) is -7.21. The quantitative estimate of drug-likeness (QED) is 0.0167. The maximum Gasteiger partial charge on any atom is 0.326 e. The van der Waals surface area contributed by atoms with E-state index in [9.17, 15) is 68.4 Å². The van der Waals surface area contributed by atoms with Gasteiger partial charge in [0, 0.05) is 25.9 Å². The van der Waals surface area contributed by atoms with Crippen molar-refractivity contribution in [3.63, 3.8) is 0 Å². The highest BCUT2D eigenvalue weighted by Gasteiger charge is 2.36. The van der Waals surface area contributed by atoms with E-state index in [4.69, 9.17) is 34.4 Å². The number of carbonyl (C=O) groups is 10. The first-order valence-electron chi connectivity index (χ1n) is 25.2. The molecule has 1 rings (SSSR count). The standard InChI is InChI=1S/C47H81N17O14/c1-23(48)37(69)58-31(12-9-21-56-47(52)53)41(73)64-36(26(4)66)44(76)61-29(10-6-7-19-54-5)39(71)60-32(17-18-34(49)68)42(74)63-35(25(3)65)43(75)57-24(2)38(70)59-30(11-8-20-55-46(50)51)40(72)62-33(45(77)78)22-27-13-15-28(67)16-14-27/h13-16,23-26,29-33,35-36,54,65-67H,6-12,17-22,48H2,1-5H3,(H2,49,68)(H,57,75)(H,58,69)(H,59,70)(H,60,71)(H,61,76)(H,62,72)(H,63,74)(H,64,73)(H,77,78)(H4,50,51,55)(H4,52,53,56)/t23-,24-,25+,26+,29-,30-,31-,32-,33-,35-,36-/m0/s1. The van der Waals surface area contributed by atoms with Gasteiger partial charge < -0.3 is 103 Å². The Kier molecular flexibility index (Phi) is 30.9. The molecule has 0 aromatic heterocycles. The second-order valence-corrected chi connectivity index (χ2v) is 18.5. The molecule has 0 aliphatic rings. The molecule has 25 N–H and O–H groups in total. The Morgan fingerprint density at radius 3 is 1.33 bits per heavy atom. The van der Waals surface area contributed by atoms with Crippen LogP contribution in [0.15, 0.2) is 34.3 Å². The maximum absolute atomic E-state index is 14.1. The molecule has 9 amide bonds. The number of aliphatic hydroxyl groups is 2. The number of unbranched alkanes of at least 4 members (excludes halogenated alkanes) is 1. The summed E-state index contributed by atoms with van der Waals surface area (Å²) in [6.45, 7) is 5.47. The van der Waals surface area contributed by atoms with Gasteiger partial charge in [0.05, 0.1) is 18.2 Å². The zero-order valence-corrected chi connectivity index (χ0v) is 44.6. The molecule has 31 nitrogen and oxygen atoms in total. The van der Waals surface area contributed by atoms with Gasteiger partial charge in [-0.3, -0.25) is 53.1 Å². The molecular formula is C47H81N17O14. The Morgan fingerprint density at radius 1 is 0.513 bits per heavy atom. The lowest BCUT2D eigenvalue weighted by Gasteiger charge is -2.29. The Labute approximate surface area is 451 Å². The molecular weight excluding hydrogens is 1030 g/mol. The minimum absolute atomic E-state index is 0.0139. The van der Waals surface area contributed by atoms with Gasteiger partial charge in [0.15, 0.2) is 11.9 Å². The van der Waals surface area contributed by atoms with E-state index >= 15 is 0 Å². The number of carbonyl (C=O) groups excluding carboxylic acids is 9. The Bertz CT molecular complexity index is 2220. The molecule has 0 bridgehead atoms. The van der Waals surface area contributed by atoms with E-state index < -0.39 is 139 Å². The van der Waals surface area contributed by atoms with E-state index in [1.807, 2.05) is 0 Å². The van der Waals surface area contributed by atoms with Crippen molar-refractivity contribution < 1.29 is 68.4 Å². The highest BCUT2D eigenvalue weighted by atomic mass is 16.4. The van der Waals surface area contributed by atoms with Crippen LogP contribution >= 0.6 is 0 Å². The summed E-state index contributed by atoms with van der Waals surface area (Å²) in [6.07, 6.45) is -3.54. The molecule has 0 spiro atoms. The number of hydrogen-bond donors (Lipinski definition) is 19. The molecule has 0 aliphatic heterocycles. The second-order valence-electron chi connectivity index (χ2n) is 18.5. The van der Waals surface area contributed by atoms with Crippen LogP contribution in [0.1, 0.15) is 91.0 Å². The molecule has 0 radical (unpaired) electrons. The van der Waals surface area contributed by atoms with Gasteiger partial charge in [-0.05, 0) is 110 Å². The summed E-state index contributed by atoms with van der Waals surface area (Å²) in [4.78, 5) is 141. The van der Waals surface area contributed by atoms with Gasteiger partial charge in [-0.25, -0.2) is 4.79 Å². The zero-order chi connectivity index (χ0) is 59.2. The van der Waals surface area contributed by atoms with Crippen LogP contribution in [0.25, 0.3) is 0 Å². The maximum atomic E-state index is 14.1. The predicted molar refractivity (Wildman–Crippen MR) is 284 cm³/mol. The molecule has 438 valence electrons. The van der Waals surface area contributed by atoms with Gasteiger partial charge in [-0.15, -0.1) is 0 Å². The number of phenols is 1. The van der Waals surface area contributed by atoms with Crippen LogP contribution in [0.3, 0.4) is 0 Å². The number of nitrogens with zero attached hydrogens (tertiary/aromatic N) is 2. The zero-order valence-electron chi connectivity index (χ0n) is 44.6. The smallest absolute Gasteiger partial charge is 0.326 e. The second kappa shape index (κ2) is 35.4. The van der Waals surface area contributed by atoms with Crippen molar-refractivity contribution in [1.82, 2.24) is 47.9 Å². The number of benzene rings is 1. The summed E-state index contributed by atoms with van der Waals surface area (Å²) in [5.41, 5.74) is 33.1. The van der Waals surface area contributed by atoms with Crippen molar-refractivity contribution in [2.45, 2.75) is 158 Å². The van der Waals surface area contributed by atoms with Crippen LogP contribution in [0, 0.1) is 0 Å². The minimum atomic E-state index is -1.84. The van der Waals surface area contributed by atoms with E-state index in [0.29, 0.717) is 24.9 Å². The fourth-order valence-electron chi connectivity index (χ4n) is 7.18. The molecule has 0 saturated heterocycles. The minimum Gasteiger partial charge on any atom is -0.508 e. The van der Waals surface area contributed by atoms with Crippen molar-refractivity contribution >= 4 is 71.1 Å². The highest BCUT2D eigenvalue weighted by Crippen LogP contribution is 2.13. The van der Waals surface area contributed by atoms with Crippen molar-refractivity contribution in [3.8, 4) is 5.75 Å². The number of nitrogens with two attached hydrogens (primary N) is 6. The van der Waals surface area contributed by atoms with Crippen molar-refractivity contribution in [2.75, 3.05) is 26.7 Å². The van der Waals surface area contributed by atoms with Crippen LogP contribution in [0.4, 0.5) is 0 Å². The first-order valence-corrected chi connectivity index (χ1v) is 25.2. The number of aliphatic carboxylic acids is 1. The number of guanidine groups is 2. The lowest BCUT2D eigenvalue weighted by atomic mass is 10.0. The lowest BCUT2D eigenvalue weighted by Crippen LogP contribution is -2.62. The molecule has 31 heteroatoms. The number of aliphatic imine (C=N–C) groups is 2. The largest absolute Gasteiger partial charge is 0.508 e. The van der Waals surface area contributed by atoms with E-state index in [-0.39, 0.29) is 69.3 Å². The van der Waals surface area contributed by atoms with E-state index in [1.165, 1.54) is 45.0 Å². The fraction of sp³-hybridized carbons (Fsp3) is 0.617. The molecule has 0 saturated carbocycles. The van der Waals surface area contributed by atoms with Gasteiger partial charge in [0.2, 0.25) is 53.2 Å². The first-order chi connectivity index (χ1) is 36.6. The number of amides is 9. The number of hydrogen-bond acceptors (Lipinski definition) is 17. The Hall–Kier alpha value is -7.90. The summed E-state index contributed by atoms with van der Waals surface area (Å²) in [5.74, 6) is -10.7. The summed E-state index contributed by atoms with van der Waals surface area (Å²) in [7, 11) is 1.69. The summed E-state index contributed by atoms with van der Waals surface area (Å²) < 4.78 is 0. The van der Waals surface area contributed by atoms with Crippen LogP contribution < -0.4 is 82.3 Å². The van der Waals surface area contributed by atoms with Crippen LogP contribution in [0.2, 0.25) is 0 Å². The van der Waals surface area contributed by atoms with Gasteiger partial charge in [0.1, 0.15) is 54.1 Å². The number of primary amides is 1. The van der Waals surface area contributed by atoms with E-state index in [0.717, 1.165) is 6.92 Å². The fourth-order valence-corrected chi connectivity index (χ4v) is 7.18. The third-order valence-corrected chi connectivity index (χ3v) is 11.6. The van der Waals surface area contributed by atoms with Gasteiger partial charge in [-0.2, -0.15) is 0 Å². The highest BCUT2D eigenvalue weighted by molar-refractivity contribution is 5.98. The van der Waals surface area contributed by atoms with E-state index in [2.05, 4.69) is 57.8 Å². The van der Waals surface area contributed by atoms with E-state index in [1.54, 1.807) is 7.05 Å². The van der Waals surface area contributed by atoms with Crippen LogP contribution in [-0.4, -0.2) is 185 Å². The first kappa shape index (κ1) is 68.1. The molecule has 1 aromatic carbocycles. The Balaban J connectivity index is 3.39. The normalized spacial score (nSPS) is 15.2. The molecule has 0 unspecified atom stereocenters. The lowest BCUT2D eigenvalue weighted by molar-refractivity contribution is -0.142. The molecule has 11 atom stereocenters. The average molecular weight is 1110 g/mol. The number of aromatic hydroxyl groups is 1. The number of aliphatic hydroxyl groups excluding tert-OH is 2. The summed E-state index contributed by atoms with van der Waals surface area (Å²) in [5, 5.41) is 63.2. The average Bonchev–Trinajstić information content (AvgIpc) is 3.35. The van der Waals surface area contributed by atoms with Crippen molar-refractivity contribution in [3.05, 3.63) is 29.8 Å². The number of nitrogens with one attached hydrogen (secondary N) is 9. The van der Waals surface area contributed by atoms with Crippen molar-refractivity contribution in [2.24, 2.45) is 44.4 Å². The number of carboxylic acids is 1. The number of phenolic OH excluding ortho intramolecular Hbond substituents is 1. The molecule has 0 heterocycles. The monoisotopic (exact) mass is 1110 g/mol. The number of carboxylic acid groups (broad SMARTS) is 1. The molecule has 0 aliphatic carbocycles.